The number of hydrogen-bond acceptors (Lipinski definition) is 1. The first-order valence-corrected chi connectivity index (χ1v) is 10.7. The lowest BCUT2D eigenvalue weighted by molar-refractivity contribution is -0.189. The Hall–Kier alpha value is -2.18. The van der Waals surface area contributed by atoms with Crippen molar-refractivity contribution in [1.29, 1.82) is 0 Å². The second-order valence-corrected chi connectivity index (χ2v) is 8.27. The Morgan fingerprint density at radius 2 is 1.48 bits per heavy atom. The van der Waals surface area contributed by atoms with E-state index in [1.807, 2.05) is 0 Å². The third-order valence-corrected chi connectivity index (χ3v) is 6.03. The smallest absolute Gasteiger partial charge is 0.429 e. The van der Waals surface area contributed by atoms with Crippen molar-refractivity contribution in [1.82, 2.24) is 0 Å². The molecule has 0 heterocycles. The molecule has 0 radical (unpaired) electrons. The zero-order valence-corrected chi connectivity index (χ0v) is 17.4. The number of unbranched alkanes of at least 4 members (excludes halogenated alkanes) is 2. The lowest BCUT2D eigenvalue weighted by Gasteiger charge is -2.29. The summed E-state index contributed by atoms with van der Waals surface area (Å²) in [6.07, 6.45) is 3.71. The minimum absolute atomic E-state index is 0.0822. The maximum absolute atomic E-state index is 14.6. The molecule has 0 saturated heterocycles. The molecule has 1 fully saturated rings. The van der Waals surface area contributed by atoms with Gasteiger partial charge in [0.15, 0.2) is 11.6 Å². The Morgan fingerprint density at radius 1 is 0.839 bits per heavy atom. The average Bonchev–Trinajstić information content (AvgIpc) is 2.70. The fraction of sp³-hybridized carbons (Fsp3) is 0.500. The van der Waals surface area contributed by atoms with Crippen LogP contribution in [0.4, 0.5) is 26.3 Å². The molecule has 0 bridgehead atoms. The van der Waals surface area contributed by atoms with Crippen molar-refractivity contribution < 1.29 is 31.1 Å². The van der Waals surface area contributed by atoms with Gasteiger partial charge in [-0.3, -0.25) is 0 Å². The van der Waals surface area contributed by atoms with Gasteiger partial charge >= 0.3 is 6.11 Å². The maximum atomic E-state index is 14.6. The van der Waals surface area contributed by atoms with Crippen LogP contribution >= 0.6 is 0 Å². The molecule has 0 spiro atoms. The molecule has 0 unspecified atom stereocenters. The highest BCUT2D eigenvalue weighted by Crippen LogP contribution is 2.41. The molecule has 2 aromatic carbocycles. The van der Waals surface area contributed by atoms with Crippen LogP contribution in [0.2, 0.25) is 0 Å². The van der Waals surface area contributed by atoms with Crippen molar-refractivity contribution in [2.24, 2.45) is 5.92 Å². The predicted octanol–water partition coefficient (Wildman–Crippen LogP) is 8.23. The molecule has 0 N–H and O–H groups in total. The quantitative estimate of drug-likeness (QED) is 0.294. The fourth-order valence-corrected chi connectivity index (χ4v) is 4.31. The maximum Gasteiger partial charge on any atom is 0.432 e. The SMILES string of the molecule is CCCCCC1CCC(c2cc(F)c(C(F)(F)Oc3ccc(F)c(F)c3)c(F)c2)CC1. The van der Waals surface area contributed by atoms with Crippen LogP contribution < -0.4 is 4.74 Å². The zero-order valence-electron chi connectivity index (χ0n) is 17.4. The number of halogens is 6. The summed E-state index contributed by atoms with van der Waals surface area (Å²) in [5.41, 5.74) is -1.19. The van der Waals surface area contributed by atoms with E-state index < -0.39 is 40.7 Å². The standard InChI is InChI=1S/C24H26F6O/c1-2-3-4-5-15-6-8-16(9-7-15)17-12-21(27)23(22(28)13-17)24(29,30)31-18-10-11-19(25)20(26)14-18/h10-16H,2-9H2,1H3. The van der Waals surface area contributed by atoms with E-state index in [9.17, 15) is 26.3 Å². The van der Waals surface area contributed by atoms with Gasteiger partial charge in [0.25, 0.3) is 0 Å². The number of ether oxygens (including phenoxy) is 1. The van der Waals surface area contributed by atoms with Crippen molar-refractivity contribution in [2.75, 3.05) is 0 Å². The first-order chi connectivity index (χ1) is 14.7. The summed E-state index contributed by atoms with van der Waals surface area (Å²) in [7, 11) is 0. The molecule has 1 aliphatic rings. The number of benzene rings is 2. The largest absolute Gasteiger partial charge is 0.432 e. The van der Waals surface area contributed by atoms with E-state index in [-0.39, 0.29) is 5.92 Å². The molecule has 3 rings (SSSR count). The highest BCUT2D eigenvalue weighted by Gasteiger charge is 2.41. The van der Waals surface area contributed by atoms with Gasteiger partial charge in [-0.05, 0) is 67.3 Å². The Balaban J connectivity index is 1.72. The lowest BCUT2D eigenvalue weighted by atomic mass is 9.77. The second-order valence-electron chi connectivity index (χ2n) is 8.27. The van der Waals surface area contributed by atoms with Gasteiger partial charge in [0.1, 0.15) is 22.9 Å². The van der Waals surface area contributed by atoms with Crippen molar-refractivity contribution in [3.63, 3.8) is 0 Å². The first kappa shape index (κ1) is 23.5. The summed E-state index contributed by atoms with van der Waals surface area (Å²) in [6, 6.07) is 3.61. The van der Waals surface area contributed by atoms with Crippen LogP contribution in [0.1, 0.15) is 75.3 Å². The summed E-state index contributed by atoms with van der Waals surface area (Å²) < 4.78 is 88.5. The molecular formula is C24H26F6O. The molecule has 1 aliphatic carbocycles. The van der Waals surface area contributed by atoms with Gasteiger partial charge in [-0.25, -0.2) is 17.6 Å². The average molecular weight is 444 g/mol. The highest BCUT2D eigenvalue weighted by molar-refractivity contribution is 5.32. The van der Waals surface area contributed by atoms with E-state index in [2.05, 4.69) is 11.7 Å². The summed E-state index contributed by atoms with van der Waals surface area (Å²) in [5.74, 6) is -5.73. The van der Waals surface area contributed by atoms with Crippen molar-refractivity contribution in [3.05, 3.63) is 64.7 Å². The highest BCUT2D eigenvalue weighted by atomic mass is 19.3. The van der Waals surface area contributed by atoms with Gasteiger partial charge in [-0.2, -0.15) is 8.78 Å². The summed E-state index contributed by atoms with van der Waals surface area (Å²) >= 11 is 0. The third kappa shape index (κ3) is 5.74. The van der Waals surface area contributed by atoms with Crippen molar-refractivity contribution in [3.8, 4) is 5.75 Å². The summed E-state index contributed by atoms with van der Waals surface area (Å²) in [4.78, 5) is 0. The Morgan fingerprint density at radius 3 is 2.06 bits per heavy atom. The van der Waals surface area contributed by atoms with E-state index in [4.69, 9.17) is 0 Å². The van der Waals surface area contributed by atoms with Crippen LogP contribution in [-0.4, -0.2) is 0 Å². The summed E-state index contributed by atoms with van der Waals surface area (Å²) in [6.45, 7) is 2.15. The van der Waals surface area contributed by atoms with Crippen molar-refractivity contribution >= 4 is 0 Å². The zero-order chi connectivity index (χ0) is 22.6. The third-order valence-electron chi connectivity index (χ3n) is 6.03. The topological polar surface area (TPSA) is 9.23 Å². The van der Waals surface area contributed by atoms with Gasteiger partial charge in [0.2, 0.25) is 0 Å². The minimum Gasteiger partial charge on any atom is -0.429 e. The van der Waals surface area contributed by atoms with Crippen LogP contribution in [-0.2, 0) is 6.11 Å². The Kier molecular flexibility index (Phi) is 7.55. The van der Waals surface area contributed by atoms with Gasteiger partial charge in [0, 0.05) is 6.07 Å². The normalized spacial score (nSPS) is 19.5. The molecule has 31 heavy (non-hydrogen) atoms. The van der Waals surface area contributed by atoms with Gasteiger partial charge < -0.3 is 4.74 Å². The minimum atomic E-state index is -4.39. The molecule has 1 saturated carbocycles. The van der Waals surface area contributed by atoms with E-state index in [1.54, 1.807) is 0 Å². The molecule has 1 nitrogen and oxygen atoms in total. The van der Waals surface area contributed by atoms with Crippen molar-refractivity contribution in [2.45, 2.75) is 70.3 Å². The van der Waals surface area contributed by atoms with E-state index >= 15 is 0 Å². The number of alkyl halides is 2. The monoisotopic (exact) mass is 444 g/mol. The van der Waals surface area contributed by atoms with Gasteiger partial charge in [0.05, 0.1) is 0 Å². The molecule has 0 amide bonds. The van der Waals surface area contributed by atoms with E-state index in [0.717, 1.165) is 56.7 Å². The number of rotatable bonds is 8. The Bertz CT molecular complexity index is 867. The van der Waals surface area contributed by atoms with Crippen LogP contribution in [0.3, 0.4) is 0 Å². The first-order valence-electron chi connectivity index (χ1n) is 10.7. The molecule has 2 aromatic rings. The second kappa shape index (κ2) is 9.96. The summed E-state index contributed by atoms with van der Waals surface area (Å²) in [5, 5.41) is 0. The molecule has 0 aliphatic heterocycles. The van der Waals surface area contributed by atoms with Crippen LogP contribution in [0, 0.1) is 29.2 Å². The van der Waals surface area contributed by atoms with Gasteiger partial charge in [-0.1, -0.05) is 32.6 Å². The molecule has 7 heteroatoms. The fourth-order valence-electron chi connectivity index (χ4n) is 4.31. The van der Waals surface area contributed by atoms with Gasteiger partial charge in [-0.15, -0.1) is 0 Å². The predicted molar refractivity (Wildman–Crippen MR) is 106 cm³/mol. The van der Waals surface area contributed by atoms with Crippen LogP contribution in [0.15, 0.2) is 30.3 Å². The molecule has 0 aromatic heterocycles. The Labute approximate surface area is 178 Å². The van der Waals surface area contributed by atoms with E-state index in [1.165, 1.54) is 12.8 Å². The molecular weight excluding hydrogens is 418 g/mol. The number of hydrogen-bond donors (Lipinski definition) is 0. The molecule has 0 atom stereocenters. The van der Waals surface area contributed by atoms with Crippen LogP contribution in [0.5, 0.6) is 5.75 Å². The van der Waals surface area contributed by atoms with Crippen LogP contribution in [0.25, 0.3) is 0 Å². The lowest BCUT2D eigenvalue weighted by Crippen LogP contribution is -2.26. The molecule has 170 valence electrons. The van der Waals surface area contributed by atoms with E-state index in [0.29, 0.717) is 23.6 Å².